The SMILES string of the molecule is CNCCCOc1cc(F)c(-c2c(Cl)nc(N)n(N)c2=N[C@@H](C)C(F)(F)F)c(F)c1. The summed E-state index contributed by atoms with van der Waals surface area (Å²) in [6, 6.07) is -0.505. The molecule has 0 unspecified atom stereocenters. The highest BCUT2D eigenvalue weighted by atomic mass is 35.5. The minimum absolute atomic E-state index is 0.104. The summed E-state index contributed by atoms with van der Waals surface area (Å²) in [6.07, 6.45) is -4.16. The molecule has 7 nitrogen and oxygen atoms in total. The van der Waals surface area contributed by atoms with Crippen LogP contribution in [0.15, 0.2) is 17.1 Å². The van der Waals surface area contributed by atoms with Crippen molar-refractivity contribution in [3.05, 3.63) is 34.4 Å². The lowest BCUT2D eigenvalue weighted by atomic mass is 10.1. The van der Waals surface area contributed by atoms with E-state index in [1.807, 2.05) is 0 Å². The zero-order valence-electron chi connectivity index (χ0n) is 16.0. The van der Waals surface area contributed by atoms with Gasteiger partial charge in [0.15, 0.2) is 5.49 Å². The normalized spacial score (nSPS) is 13.5. The number of halogens is 6. The van der Waals surface area contributed by atoms with Crippen molar-refractivity contribution >= 4 is 17.5 Å². The molecule has 0 saturated carbocycles. The maximum absolute atomic E-state index is 14.8. The number of nitrogen functional groups attached to an aromatic ring is 2. The number of hydrogen-bond acceptors (Lipinski definition) is 6. The molecule has 0 amide bonds. The van der Waals surface area contributed by atoms with Gasteiger partial charge in [0.1, 0.15) is 28.6 Å². The molecule has 1 aromatic carbocycles. The molecule has 2 aromatic rings. The molecule has 1 heterocycles. The molecule has 166 valence electrons. The minimum atomic E-state index is -4.74. The van der Waals surface area contributed by atoms with Gasteiger partial charge in [0.05, 0.1) is 17.7 Å². The van der Waals surface area contributed by atoms with Gasteiger partial charge in [-0.2, -0.15) is 13.2 Å². The number of aromatic nitrogens is 2. The fourth-order valence-corrected chi connectivity index (χ4v) is 2.71. The highest BCUT2D eigenvalue weighted by Crippen LogP contribution is 2.32. The molecular weight excluding hydrogens is 435 g/mol. The number of nitrogens with one attached hydrogen (secondary N) is 1. The van der Waals surface area contributed by atoms with Crippen molar-refractivity contribution in [1.82, 2.24) is 15.0 Å². The van der Waals surface area contributed by atoms with Crippen LogP contribution in [-0.4, -0.2) is 42.1 Å². The van der Waals surface area contributed by atoms with Gasteiger partial charge in [-0.05, 0) is 26.9 Å². The van der Waals surface area contributed by atoms with Crippen LogP contribution < -0.4 is 27.1 Å². The molecule has 0 spiro atoms. The van der Waals surface area contributed by atoms with Gasteiger partial charge in [0, 0.05) is 12.1 Å². The third kappa shape index (κ3) is 5.30. The third-order valence-corrected chi connectivity index (χ3v) is 4.29. The Bertz CT molecular complexity index is 955. The molecule has 0 radical (unpaired) electrons. The molecule has 0 fully saturated rings. The average Bonchev–Trinajstić information content (AvgIpc) is 2.64. The number of anilines is 1. The molecule has 1 aromatic heterocycles. The first-order valence-corrected chi connectivity index (χ1v) is 9.05. The van der Waals surface area contributed by atoms with Crippen molar-refractivity contribution in [2.24, 2.45) is 4.99 Å². The number of rotatable bonds is 7. The lowest BCUT2D eigenvalue weighted by Gasteiger charge is -2.16. The van der Waals surface area contributed by atoms with Crippen molar-refractivity contribution in [3.8, 4) is 16.9 Å². The summed E-state index contributed by atoms with van der Waals surface area (Å²) < 4.78 is 74.3. The van der Waals surface area contributed by atoms with Crippen molar-refractivity contribution in [2.45, 2.75) is 25.6 Å². The molecule has 0 saturated heterocycles. The zero-order valence-corrected chi connectivity index (χ0v) is 16.8. The Kier molecular flexibility index (Phi) is 7.48. The van der Waals surface area contributed by atoms with E-state index in [0.717, 1.165) is 19.1 Å². The summed E-state index contributed by atoms with van der Waals surface area (Å²) in [5, 5.41) is 2.32. The zero-order chi connectivity index (χ0) is 22.6. The van der Waals surface area contributed by atoms with Crippen LogP contribution in [-0.2, 0) is 0 Å². The van der Waals surface area contributed by atoms with Crippen molar-refractivity contribution in [3.63, 3.8) is 0 Å². The standard InChI is InChI=1S/C17H20ClF5N6O/c1-8(17(21,22)23)27-15-13(14(18)28-16(24)29(15)25)12-10(19)6-9(7-11(12)20)30-5-3-4-26-2/h6-8,26H,3-5,25H2,1-2H3,(H2,24,28)/t8-/m0/s1. The quantitative estimate of drug-likeness (QED) is 0.258. The number of nitrogens with zero attached hydrogens (tertiary/aromatic N) is 3. The van der Waals surface area contributed by atoms with Crippen molar-refractivity contribution in [1.29, 1.82) is 0 Å². The molecule has 13 heteroatoms. The highest BCUT2D eigenvalue weighted by Gasteiger charge is 2.36. The van der Waals surface area contributed by atoms with Gasteiger partial charge < -0.3 is 21.6 Å². The number of alkyl halides is 3. The Labute approximate surface area is 173 Å². The Morgan fingerprint density at radius 1 is 1.27 bits per heavy atom. The van der Waals surface area contributed by atoms with E-state index in [4.69, 9.17) is 27.9 Å². The van der Waals surface area contributed by atoms with E-state index in [9.17, 15) is 22.0 Å². The van der Waals surface area contributed by atoms with E-state index < -0.39 is 51.6 Å². The summed E-state index contributed by atoms with van der Waals surface area (Å²) in [4.78, 5) is 7.06. The first kappa shape index (κ1) is 23.7. The molecule has 2 rings (SSSR count). The third-order valence-electron chi connectivity index (χ3n) is 4.01. The largest absolute Gasteiger partial charge is 0.493 e. The van der Waals surface area contributed by atoms with Gasteiger partial charge in [0.25, 0.3) is 0 Å². The maximum Gasteiger partial charge on any atom is 0.410 e. The van der Waals surface area contributed by atoms with Gasteiger partial charge in [-0.15, -0.1) is 0 Å². The lowest BCUT2D eigenvalue weighted by Crippen LogP contribution is -2.36. The van der Waals surface area contributed by atoms with E-state index in [0.29, 0.717) is 17.6 Å². The summed E-state index contributed by atoms with van der Waals surface area (Å²) in [5.41, 5.74) is 3.51. The van der Waals surface area contributed by atoms with E-state index in [-0.39, 0.29) is 12.4 Å². The van der Waals surface area contributed by atoms with E-state index in [2.05, 4.69) is 15.3 Å². The second kappa shape index (κ2) is 9.47. The number of ether oxygens (including phenoxy) is 1. The molecule has 30 heavy (non-hydrogen) atoms. The molecule has 0 aliphatic heterocycles. The van der Waals surface area contributed by atoms with Crippen molar-refractivity contribution in [2.75, 3.05) is 31.8 Å². The van der Waals surface area contributed by atoms with E-state index in [1.54, 1.807) is 7.05 Å². The smallest absolute Gasteiger partial charge is 0.410 e. The van der Waals surface area contributed by atoms with Crippen molar-refractivity contribution < 1.29 is 26.7 Å². The molecule has 0 aliphatic carbocycles. The summed E-state index contributed by atoms with van der Waals surface area (Å²) >= 11 is 5.97. The van der Waals surface area contributed by atoms with E-state index >= 15 is 0 Å². The fraction of sp³-hybridized carbons (Fsp3) is 0.412. The second-order valence-electron chi connectivity index (χ2n) is 6.24. The molecule has 5 N–H and O–H groups in total. The molecule has 0 aliphatic rings. The minimum Gasteiger partial charge on any atom is -0.493 e. The summed E-state index contributed by atoms with van der Waals surface area (Å²) in [6.45, 7) is 1.56. The molecule has 0 bridgehead atoms. The predicted molar refractivity (Wildman–Crippen MR) is 102 cm³/mol. The number of nitrogens with two attached hydrogens (primary N) is 2. The van der Waals surface area contributed by atoms with E-state index in [1.165, 1.54) is 0 Å². The second-order valence-corrected chi connectivity index (χ2v) is 6.60. The van der Waals surface area contributed by atoms with Crippen LogP contribution in [0.1, 0.15) is 13.3 Å². The van der Waals surface area contributed by atoms with Crippen LogP contribution in [0.5, 0.6) is 5.75 Å². The lowest BCUT2D eigenvalue weighted by molar-refractivity contribution is -0.143. The molecule has 1 atom stereocenters. The Balaban J connectivity index is 2.64. The number of hydrogen-bond donors (Lipinski definition) is 3. The van der Waals surface area contributed by atoms with Crippen LogP contribution in [0.2, 0.25) is 5.15 Å². The van der Waals surface area contributed by atoms with Crippen LogP contribution in [0.3, 0.4) is 0 Å². The van der Waals surface area contributed by atoms with Crippen LogP contribution in [0.25, 0.3) is 11.1 Å². The van der Waals surface area contributed by atoms with Gasteiger partial charge in [-0.25, -0.2) is 18.4 Å². The topological polar surface area (TPSA) is 103 Å². The van der Waals surface area contributed by atoms with Gasteiger partial charge in [-0.1, -0.05) is 11.6 Å². The highest BCUT2D eigenvalue weighted by molar-refractivity contribution is 6.32. The molecular formula is C17H20ClF5N6O. The Morgan fingerprint density at radius 2 is 1.87 bits per heavy atom. The van der Waals surface area contributed by atoms with Crippen LogP contribution in [0, 0.1) is 11.6 Å². The van der Waals surface area contributed by atoms with Gasteiger partial charge in [-0.3, -0.25) is 4.99 Å². The van der Waals surface area contributed by atoms with Crippen LogP contribution in [0.4, 0.5) is 27.9 Å². The Hall–Kier alpha value is -2.60. The first-order valence-electron chi connectivity index (χ1n) is 8.67. The average molecular weight is 455 g/mol. The monoisotopic (exact) mass is 454 g/mol. The summed E-state index contributed by atoms with van der Waals surface area (Å²) in [7, 11) is 1.74. The number of benzene rings is 1. The van der Waals surface area contributed by atoms with Crippen LogP contribution >= 0.6 is 11.6 Å². The fourth-order valence-electron chi connectivity index (χ4n) is 2.44. The maximum atomic E-state index is 14.8. The first-order chi connectivity index (χ1) is 14.0. The predicted octanol–water partition coefficient (Wildman–Crippen LogP) is 2.62. The van der Waals surface area contributed by atoms with Gasteiger partial charge in [0.2, 0.25) is 5.95 Å². The van der Waals surface area contributed by atoms with Gasteiger partial charge >= 0.3 is 6.18 Å². The summed E-state index contributed by atoms with van der Waals surface area (Å²) in [5.74, 6) is 2.74. The Morgan fingerprint density at radius 3 is 2.40 bits per heavy atom.